The number of carbonyl (C=O) groups is 1. The molecule has 1 N–H and O–H groups in total. The molecule has 0 spiro atoms. The number of hydrogen-bond donors (Lipinski definition) is 1. The Balaban J connectivity index is 1.55. The molecule has 0 aliphatic carbocycles. The predicted octanol–water partition coefficient (Wildman–Crippen LogP) is 5.57. The molecule has 32 heavy (non-hydrogen) atoms. The summed E-state index contributed by atoms with van der Waals surface area (Å²) < 4.78 is 21.2. The Bertz CT molecular complexity index is 1210. The first-order valence-electron chi connectivity index (χ1n) is 9.96. The van der Waals surface area contributed by atoms with Gasteiger partial charge in [-0.2, -0.15) is 0 Å². The van der Waals surface area contributed by atoms with Crippen LogP contribution in [0.1, 0.15) is 12.5 Å². The van der Waals surface area contributed by atoms with Crippen LogP contribution in [0.5, 0.6) is 5.75 Å². The summed E-state index contributed by atoms with van der Waals surface area (Å²) in [5.74, 6) is 0.979. The zero-order valence-corrected chi connectivity index (χ0v) is 19.2. The van der Waals surface area contributed by atoms with Gasteiger partial charge in [-0.05, 0) is 67.3 Å². The molecular weight excluding hydrogens is 447 g/mol. The van der Waals surface area contributed by atoms with Crippen molar-refractivity contribution in [3.8, 4) is 22.1 Å². The number of anilines is 1. The molecule has 2 aromatic heterocycles. The van der Waals surface area contributed by atoms with E-state index in [0.717, 1.165) is 16.3 Å². The molecule has 0 unspecified atom stereocenters. The van der Waals surface area contributed by atoms with E-state index in [1.54, 1.807) is 30.4 Å². The summed E-state index contributed by atoms with van der Waals surface area (Å²) in [6.45, 7) is 4.20. The average molecular weight is 469 g/mol. The Morgan fingerprint density at radius 1 is 1.19 bits per heavy atom. The second-order valence-electron chi connectivity index (χ2n) is 6.85. The highest BCUT2D eigenvalue weighted by Crippen LogP contribution is 2.31. The second kappa shape index (κ2) is 9.97. The second-order valence-corrected chi connectivity index (χ2v) is 8.74. The molecule has 0 radical (unpaired) electrons. The van der Waals surface area contributed by atoms with Gasteiger partial charge in [0.2, 0.25) is 5.91 Å². The van der Waals surface area contributed by atoms with E-state index in [1.165, 1.54) is 17.8 Å². The molecule has 0 atom stereocenters. The highest BCUT2D eigenvalue weighted by Gasteiger charge is 2.18. The number of aromatic nitrogens is 3. The molecule has 9 heteroatoms. The Labute approximate surface area is 193 Å². The van der Waals surface area contributed by atoms with Crippen LogP contribution in [0.15, 0.2) is 65.1 Å². The van der Waals surface area contributed by atoms with Gasteiger partial charge >= 0.3 is 0 Å². The maximum atomic E-state index is 13.7. The third-order valence-electron chi connectivity index (χ3n) is 4.57. The summed E-state index contributed by atoms with van der Waals surface area (Å²) >= 11 is 2.83. The fraction of sp³-hybridized carbons (Fsp3) is 0.174. The van der Waals surface area contributed by atoms with Crippen LogP contribution in [0, 0.1) is 12.7 Å². The number of ether oxygens (including phenoxy) is 1. The van der Waals surface area contributed by atoms with Gasteiger partial charge in [0.25, 0.3) is 0 Å². The fourth-order valence-corrected chi connectivity index (χ4v) is 4.47. The molecular formula is C23H21FN4O2S2. The van der Waals surface area contributed by atoms with E-state index in [2.05, 4.69) is 15.5 Å². The standard InChI is InChI=1S/C23H21FN4O2S2/c1-3-30-18-10-8-17(9-11-18)28-22(20-5-4-12-31-20)26-27-23(28)32-14-21(29)25-16-7-6-15(2)19(24)13-16/h4-13H,3,14H2,1-2H3,(H,25,29). The van der Waals surface area contributed by atoms with Gasteiger partial charge in [0.15, 0.2) is 11.0 Å². The van der Waals surface area contributed by atoms with Crippen LogP contribution in [0.2, 0.25) is 0 Å². The normalized spacial score (nSPS) is 10.8. The van der Waals surface area contributed by atoms with Gasteiger partial charge in [-0.25, -0.2) is 4.39 Å². The van der Waals surface area contributed by atoms with E-state index in [1.807, 2.05) is 53.3 Å². The van der Waals surface area contributed by atoms with Gasteiger partial charge in [0.05, 0.1) is 22.9 Å². The highest BCUT2D eigenvalue weighted by molar-refractivity contribution is 7.99. The molecule has 2 aromatic carbocycles. The summed E-state index contributed by atoms with van der Waals surface area (Å²) in [5, 5.41) is 14.0. The Kier molecular flexibility index (Phi) is 6.87. The van der Waals surface area contributed by atoms with Gasteiger partial charge in [-0.15, -0.1) is 21.5 Å². The number of nitrogens with zero attached hydrogens (tertiary/aromatic N) is 3. The van der Waals surface area contributed by atoms with Gasteiger partial charge in [-0.3, -0.25) is 9.36 Å². The van der Waals surface area contributed by atoms with Crippen LogP contribution in [0.3, 0.4) is 0 Å². The predicted molar refractivity (Wildman–Crippen MR) is 126 cm³/mol. The number of thioether (sulfide) groups is 1. The smallest absolute Gasteiger partial charge is 0.234 e. The van der Waals surface area contributed by atoms with Crippen LogP contribution in [0.25, 0.3) is 16.4 Å². The molecule has 1 amide bonds. The topological polar surface area (TPSA) is 69.0 Å². The Morgan fingerprint density at radius 3 is 2.69 bits per heavy atom. The summed E-state index contributed by atoms with van der Waals surface area (Å²) in [6.07, 6.45) is 0. The number of aryl methyl sites for hydroxylation is 1. The number of rotatable bonds is 8. The number of thiophene rings is 1. The summed E-state index contributed by atoms with van der Waals surface area (Å²) in [7, 11) is 0. The molecule has 0 bridgehead atoms. The lowest BCUT2D eigenvalue weighted by molar-refractivity contribution is -0.113. The van der Waals surface area contributed by atoms with E-state index in [0.29, 0.717) is 28.8 Å². The quantitative estimate of drug-likeness (QED) is 0.342. The summed E-state index contributed by atoms with van der Waals surface area (Å²) in [4.78, 5) is 13.4. The maximum Gasteiger partial charge on any atom is 0.234 e. The van der Waals surface area contributed by atoms with Crippen LogP contribution in [0.4, 0.5) is 10.1 Å². The minimum atomic E-state index is -0.355. The number of carbonyl (C=O) groups excluding carboxylic acids is 1. The van der Waals surface area contributed by atoms with Crippen molar-refractivity contribution in [1.29, 1.82) is 0 Å². The Morgan fingerprint density at radius 2 is 2.00 bits per heavy atom. The molecule has 0 saturated carbocycles. The number of hydrogen-bond acceptors (Lipinski definition) is 6. The Hall–Kier alpha value is -3.17. The van der Waals surface area contributed by atoms with E-state index >= 15 is 0 Å². The minimum Gasteiger partial charge on any atom is -0.494 e. The molecule has 4 rings (SSSR count). The summed E-state index contributed by atoms with van der Waals surface area (Å²) in [6, 6.07) is 16.2. The maximum absolute atomic E-state index is 13.7. The van der Waals surface area contributed by atoms with Crippen molar-refractivity contribution < 1.29 is 13.9 Å². The first-order valence-corrected chi connectivity index (χ1v) is 11.8. The SMILES string of the molecule is CCOc1ccc(-n2c(SCC(=O)Nc3ccc(C)c(F)c3)nnc2-c2cccs2)cc1. The zero-order chi connectivity index (χ0) is 22.5. The van der Waals surface area contributed by atoms with Gasteiger partial charge in [-0.1, -0.05) is 23.9 Å². The molecule has 0 aliphatic rings. The monoisotopic (exact) mass is 468 g/mol. The number of nitrogens with one attached hydrogen (secondary N) is 1. The van der Waals surface area contributed by atoms with E-state index in [9.17, 15) is 9.18 Å². The largest absolute Gasteiger partial charge is 0.494 e. The van der Waals surface area contributed by atoms with Crippen molar-refractivity contribution in [2.75, 3.05) is 17.7 Å². The minimum absolute atomic E-state index is 0.106. The molecule has 0 fully saturated rings. The third kappa shape index (κ3) is 5.00. The van der Waals surface area contributed by atoms with Gasteiger partial charge in [0, 0.05) is 5.69 Å². The first-order chi connectivity index (χ1) is 15.5. The zero-order valence-electron chi connectivity index (χ0n) is 17.5. The third-order valence-corrected chi connectivity index (χ3v) is 6.36. The lowest BCUT2D eigenvalue weighted by Crippen LogP contribution is -2.14. The van der Waals surface area contributed by atoms with Crippen molar-refractivity contribution in [2.45, 2.75) is 19.0 Å². The van der Waals surface area contributed by atoms with Crippen LogP contribution >= 0.6 is 23.1 Å². The lowest BCUT2D eigenvalue weighted by atomic mass is 10.2. The molecule has 6 nitrogen and oxygen atoms in total. The van der Waals surface area contributed by atoms with E-state index < -0.39 is 0 Å². The van der Waals surface area contributed by atoms with Crippen molar-refractivity contribution in [2.24, 2.45) is 0 Å². The van der Waals surface area contributed by atoms with Gasteiger partial charge in [0.1, 0.15) is 11.6 Å². The van der Waals surface area contributed by atoms with Crippen molar-refractivity contribution in [3.05, 3.63) is 71.4 Å². The van der Waals surface area contributed by atoms with Crippen molar-refractivity contribution in [3.63, 3.8) is 0 Å². The summed E-state index contributed by atoms with van der Waals surface area (Å²) in [5.41, 5.74) is 1.82. The number of halogens is 1. The number of benzene rings is 2. The molecule has 2 heterocycles. The average Bonchev–Trinajstić information content (AvgIpc) is 3.45. The first kappa shape index (κ1) is 22.0. The lowest BCUT2D eigenvalue weighted by Gasteiger charge is -2.11. The van der Waals surface area contributed by atoms with Crippen LogP contribution in [-0.2, 0) is 4.79 Å². The van der Waals surface area contributed by atoms with Crippen LogP contribution in [-0.4, -0.2) is 33.0 Å². The van der Waals surface area contributed by atoms with E-state index in [-0.39, 0.29) is 17.5 Å². The van der Waals surface area contributed by atoms with Gasteiger partial charge < -0.3 is 10.1 Å². The molecule has 4 aromatic rings. The van der Waals surface area contributed by atoms with Crippen molar-refractivity contribution in [1.82, 2.24) is 14.8 Å². The molecule has 0 aliphatic heterocycles. The van der Waals surface area contributed by atoms with E-state index in [4.69, 9.17) is 4.74 Å². The fourth-order valence-electron chi connectivity index (χ4n) is 3.02. The molecule has 164 valence electrons. The number of amides is 1. The van der Waals surface area contributed by atoms with Crippen molar-refractivity contribution >= 4 is 34.7 Å². The van der Waals surface area contributed by atoms with Crippen LogP contribution < -0.4 is 10.1 Å². The highest BCUT2D eigenvalue weighted by atomic mass is 32.2. The molecule has 0 saturated heterocycles.